The highest BCUT2D eigenvalue weighted by atomic mass is 19.3. The largest absolute Gasteiger partial charge is 0.494 e. The minimum atomic E-state index is -3.03. The van der Waals surface area contributed by atoms with Crippen LogP contribution in [0.2, 0.25) is 0 Å². The number of halogens is 3. The highest BCUT2D eigenvalue weighted by molar-refractivity contribution is 5.31. The number of benzene rings is 1. The molecule has 0 saturated carbocycles. The lowest BCUT2D eigenvalue weighted by Crippen LogP contribution is -2.21. The molecule has 0 unspecified atom stereocenters. The van der Waals surface area contributed by atoms with Gasteiger partial charge < -0.3 is 10.1 Å². The minimum absolute atomic E-state index is 0.0341. The number of alkyl halides is 2. The van der Waals surface area contributed by atoms with Gasteiger partial charge in [-0.2, -0.15) is 0 Å². The Morgan fingerprint density at radius 1 is 1.38 bits per heavy atom. The third-order valence-electron chi connectivity index (χ3n) is 2.26. The van der Waals surface area contributed by atoms with Crippen molar-refractivity contribution in [3.05, 3.63) is 29.6 Å². The molecule has 0 atom stereocenters. The van der Waals surface area contributed by atoms with Crippen molar-refractivity contribution >= 4 is 0 Å². The van der Waals surface area contributed by atoms with Crippen LogP contribution in [0.3, 0.4) is 0 Å². The fourth-order valence-electron chi connectivity index (χ4n) is 1.32. The van der Waals surface area contributed by atoms with E-state index in [9.17, 15) is 13.2 Å². The summed E-state index contributed by atoms with van der Waals surface area (Å²) in [6.07, 6.45) is -0.366. The number of nitrogens with one attached hydrogen (secondary N) is 1. The van der Waals surface area contributed by atoms with Gasteiger partial charge in [-0.05, 0) is 25.2 Å². The maximum absolute atomic E-state index is 13.5. The SMILES string of the molecule is CNCCC(F)(F)c1ccc(OC)c(F)c1. The molecule has 0 fully saturated rings. The number of rotatable bonds is 5. The first-order valence-corrected chi connectivity index (χ1v) is 4.87. The highest BCUT2D eigenvalue weighted by Crippen LogP contribution is 2.33. The normalized spacial score (nSPS) is 11.6. The predicted octanol–water partition coefficient (Wildman–Crippen LogP) is 2.54. The summed E-state index contributed by atoms with van der Waals surface area (Å²) in [6, 6.07) is 3.20. The van der Waals surface area contributed by atoms with Gasteiger partial charge in [-0.3, -0.25) is 0 Å². The maximum atomic E-state index is 13.5. The van der Waals surface area contributed by atoms with E-state index in [1.807, 2.05) is 0 Å². The minimum Gasteiger partial charge on any atom is -0.494 e. The number of hydrogen-bond donors (Lipinski definition) is 1. The Morgan fingerprint density at radius 2 is 2.06 bits per heavy atom. The third kappa shape index (κ3) is 2.88. The van der Waals surface area contributed by atoms with E-state index in [0.29, 0.717) is 0 Å². The van der Waals surface area contributed by atoms with Crippen molar-refractivity contribution < 1.29 is 17.9 Å². The quantitative estimate of drug-likeness (QED) is 0.843. The van der Waals surface area contributed by atoms with Gasteiger partial charge in [0.1, 0.15) is 0 Å². The molecule has 90 valence electrons. The van der Waals surface area contributed by atoms with Crippen molar-refractivity contribution in [2.24, 2.45) is 0 Å². The molecule has 2 nitrogen and oxygen atoms in total. The van der Waals surface area contributed by atoms with Gasteiger partial charge in [0, 0.05) is 18.5 Å². The molecular weight excluding hydrogens is 219 g/mol. The Bertz CT molecular complexity index is 355. The van der Waals surface area contributed by atoms with Crippen molar-refractivity contribution in [1.29, 1.82) is 0 Å². The molecule has 0 radical (unpaired) electrons. The molecule has 1 rings (SSSR count). The molecule has 1 aromatic rings. The van der Waals surface area contributed by atoms with Crippen LogP contribution in [0.15, 0.2) is 18.2 Å². The second-order valence-electron chi connectivity index (χ2n) is 3.41. The average molecular weight is 233 g/mol. The zero-order valence-electron chi connectivity index (χ0n) is 9.19. The molecule has 1 aromatic carbocycles. The van der Waals surface area contributed by atoms with Crippen LogP contribution >= 0.6 is 0 Å². The molecule has 0 heterocycles. The Kier molecular flexibility index (Phi) is 4.18. The van der Waals surface area contributed by atoms with E-state index in [2.05, 4.69) is 10.1 Å². The number of methoxy groups -OCH3 is 1. The molecule has 0 amide bonds. The number of ether oxygens (including phenoxy) is 1. The van der Waals surface area contributed by atoms with Crippen molar-refractivity contribution in [2.75, 3.05) is 20.7 Å². The van der Waals surface area contributed by atoms with Crippen LogP contribution in [-0.2, 0) is 5.92 Å². The second-order valence-corrected chi connectivity index (χ2v) is 3.41. The van der Waals surface area contributed by atoms with E-state index in [-0.39, 0.29) is 24.3 Å². The zero-order chi connectivity index (χ0) is 12.2. The Morgan fingerprint density at radius 3 is 2.56 bits per heavy atom. The van der Waals surface area contributed by atoms with Crippen LogP contribution in [0, 0.1) is 5.82 Å². The zero-order valence-corrected chi connectivity index (χ0v) is 9.19. The lowest BCUT2D eigenvalue weighted by molar-refractivity contribution is -0.0127. The van der Waals surface area contributed by atoms with Crippen molar-refractivity contribution in [3.8, 4) is 5.75 Å². The summed E-state index contributed by atoms with van der Waals surface area (Å²) >= 11 is 0. The van der Waals surface area contributed by atoms with E-state index in [1.165, 1.54) is 19.2 Å². The van der Waals surface area contributed by atoms with Gasteiger partial charge in [-0.15, -0.1) is 0 Å². The average Bonchev–Trinajstić information content (AvgIpc) is 2.26. The summed E-state index contributed by atoms with van der Waals surface area (Å²) in [5.74, 6) is -3.84. The van der Waals surface area contributed by atoms with Crippen LogP contribution in [0.1, 0.15) is 12.0 Å². The van der Waals surface area contributed by atoms with Gasteiger partial charge in [0.05, 0.1) is 7.11 Å². The van der Waals surface area contributed by atoms with E-state index in [0.717, 1.165) is 6.07 Å². The summed E-state index contributed by atoms with van der Waals surface area (Å²) in [7, 11) is 2.88. The fraction of sp³-hybridized carbons (Fsp3) is 0.455. The van der Waals surface area contributed by atoms with Gasteiger partial charge >= 0.3 is 0 Å². The molecule has 16 heavy (non-hydrogen) atoms. The third-order valence-corrected chi connectivity index (χ3v) is 2.26. The van der Waals surface area contributed by atoms with Crippen LogP contribution in [-0.4, -0.2) is 20.7 Å². The van der Waals surface area contributed by atoms with Crippen LogP contribution in [0.25, 0.3) is 0 Å². The lowest BCUT2D eigenvalue weighted by atomic mass is 10.1. The monoisotopic (exact) mass is 233 g/mol. The summed E-state index contributed by atoms with van der Waals surface area (Å²) < 4.78 is 44.9. The summed E-state index contributed by atoms with van der Waals surface area (Å²) in [6.45, 7) is 0.167. The van der Waals surface area contributed by atoms with Gasteiger partial charge in [0.2, 0.25) is 0 Å². The van der Waals surface area contributed by atoms with Crippen LogP contribution < -0.4 is 10.1 Å². The van der Waals surface area contributed by atoms with Crippen LogP contribution in [0.5, 0.6) is 5.75 Å². The van der Waals surface area contributed by atoms with Gasteiger partial charge in [0.15, 0.2) is 11.6 Å². The molecule has 0 aromatic heterocycles. The Balaban J connectivity index is 2.91. The molecule has 0 aliphatic heterocycles. The number of hydrogen-bond acceptors (Lipinski definition) is 2. The first-order chi connectivity index (χ1) is 7.51. The molecule has 0 bridgehead atoms. The van der Waals surface area contributed by atoms with Crippen molar-refractivity contribution in [2.45, 2.75) is 12.3 Å². The van der Waals surface area contributed by atoms with E-state index in [1.54, 1.807) is 7.05 Å². The van der Waals surface area contributed by atoms with Gasteiger partial charge in [-0.25, -0.2) is 13.2 Å². The Hall–Kier alpha value is -1.23. The lowest BCUT2D eigenvalue weighted by Gasteiger charge is -2.17. The second kappa shape index (κ2) is 5.21. The molecule has 0 aliphatic rings. The summed E-state index contributed by atoms with van der Waals surface area (Å²) in [5.41, 5.74) is -0.332. The standard InChI is InChI=1S/C11H14F3NO/c1-15-6-5-11(13,14)8-3-4-10(16-2)9(12)7-8/h3-4,7,15H,5-6H2,1-2H3. The molecule has 0 saturated heterocycles. The topological polar surface area (TPSA) is 21.3 Å². The van der Waals surface area contributed by atoms with Crippen LogP contribution in [0.4, 0.5) is 13.2 Å². The molecule has 5 heteroatoms. The van der Waals surface area contributed by atoms with Crippen molar-refractivity contribution in [1.82, 2.24) is 5.32 Å². The Labute approximate surface area is 92.4 Å². The van der Waals surface area contributed by atoms with Gasteiger partial charge in [-0.1, -0.05) is 0 Å². The molecule has 0 spiro atoms. The smallest absolute Gasteiger partial charge is 0.274 e. The fourth-order valence-corrected chi connectivity index (χ4v) is 1.32. The van der Waals surface area contributed by atoms with E-state index < -0.39 is 11.7 Å². The highest BCUT2D eigenvalue weighted by Gasteiger charge is 2.31. The molecular formula is C11H14F3NO. The maximum Gasteiger partial charge on any atom is 0.274 e. The first kappa shape index (κ1) is 12.8. The van der Waals surface area contributed by atoms with Crippen molar-refractivity contribution in [3.63, 3.8) is 0 Å². The molecule has 1 N–H and O–H groups in total. The molecule has 0 aliphatic carbocycles. The summed E-state index contributed by atoms with van der Waals surface area (Å²) in [4.78, 5) is 0. The summed E-state index contributed by atoms with van der Waals surface area (Å²) in [5, 5.41) is 2.63. The first-order valence-electron chi connectivity index (χ1n) is 4.87. The van der Waals surface area contributed by atoms with E-state index in [4.69, 9.17) is 0 Å². The van der Waals surface area contributed by atoms with E-state index >= 15 is 0 Å². The van der Waals surface area contributed by atoms with Gasteiger partial charge in [0.25, 0.3) is 5.92 Å². The predicted molar refractivity (Wildman–Crippen MR) is 55.4 cm³/mol.